The van der Waals surface area contributed by atoms with E-state index >= 15 is 0 Å². The number of amides is 1. The quantitative estimate of drug-likeness (QED) is 0.832. The van der Waals surface area contributed by atoms with Crippen molar-refractivity contribution in [3.8, 4) is 5.82 Å². The summed E-state index contributed by atoms with van der Waals surface area (Å²) in [6.45, 7) is 4.97. The summed E-state index contributed by atoms with van der Waals surface area (Å²) < 4.78 is 1.68. The Morgan fingerprint density at radius 3 is 2.43 bits per heavy atom. The SMILES string of the molecule is CCC(=O)N1CCN(c2ccc(-n3cccn3)nn2)CC1. The van der Waals surface area contributed by atoms with Crippen molar-refractivity contribution in [2.24, 2.45) is 0 Å². The fourth-order valence-electron chi connectivity index (χ4n) is 2.42. The predicted molar refractivity (Wildman–Crippen MR) is 78.2 cm³/mol. The number of hydrogen-bond acceptors (Lipinski definition) is 5. The van der Waals surface area contributed by atoms with Gasteiger partial charge in [-0.2, -0.15) is 5.10 Å². The number of hydrogen-bond donors (Lipinski definition) is 0. The lowest BCUT2D eigenvalue weighted by Gasteiger charge is -2.35. The second kappa shape index (κ2) is 5.90. The molecule has 0 N–H and O–H groups in total. The molecule has 3 heterocycles. The molecule has 1 saturated heterocycles. The fourth-order valence-corrected chi connectivity index (χ4v) is 2.42. The van der Waals surface area contributed by atoms with Gasteiger partial charge in [0.05, 0.1) is 0 Å². The summed E-state index contributed by atoms with van der Waals surface area (Å²) >= 11 is 0. The molecule has 0 spiro atoms. The van der Waals surface area contributed by atoms with Crippen molar-refractivity contribution in [2.45, 2.75) is 13.3 Å². The molecule has 21 heavy (non-hydrogen) atoms. The maximum absolute atomic E-state index is 11.7. The molecule has 1 aliphatic rings. The molecule has 7 heteroatoms. The van der Waals surface area contributed by atoms with E-state index in [9.17, 15) is 4.79 Å². The molecule has 0 aliphatic carbocycles. The number of piperazine rings is 1. The largest absolute Gasteiger partial charge is 0.352 e. The van der Waals surface area contributed by atoms with Crippen molar-refractivity contribution in [2.75, 3.05) is 31.1 Å². The molecular weight excluding hydrogens is 268 g/mol. The molecule has 0 saturated carbocycles. The van der Waals surface area contributed by atoms with Crippen LogP contribution < -0.4 is 4.90 Å². The maximum atomic E-state index is 11.7. The molecule has 0 unspecified atom stereocenters. The minimum atomic E-state index is 0.217. The van der Waals surface area contributed by atoms with Crippen LogP contribution in [-0.2, 0) is 4.79 Å². The first-order valence-electron chi connectivity index (χ1n) is 7.14. The molecule has 2 aromatic rings. The van der Waals surface area contributed by atoms with E-state index in [-0.39, 0.29) is 5.91 Å². The van der Waals surface area contributed by atoms with Crippen molar-refractivity contribution in [3.05, 3.63) is 30.6 Å². The van der Waals surface area contributed by atoms with E-state index in [1.54, 1.807) is 10.9 Å². The smallest absolute Gasteiger partial charge is 0.222 e. The van der Waals surface area contributed by atoms with Gasteiger partial charge in [-0.15, -0.1) is 10.2 Å². The normalized spacial score (nSPS) is 15.3. The predicted octanol–water partition coefficient (Wildman–Crippen LogP) is 0.721. The number of rotatable bonds is 3. The first kappa shape index (κ1) is 13.5. The van der Waals surface area contributed by atoms with Gasteiger partial charge in [0.2, 0.25) is 5.91 Å². The lowest BCUT2D eigenvalue weighted by molar-refractivity contribution is -0.131. The Bertz CT molecular complexity index is 586. The zero-order valence-corrected chi connectivity index (χ0v) is 12.0. The maximum Gasteiger partial charge on any atom is 0.222 e. The molecule has 2 aromatic heterocycles. The van der Waals surface area contributed by atoms with Crippen LogP contribution in [0.4, 0.5) is 5.82 Å². The summed E-state index contributed by atoms with van der Waals surface area (Å²) in [7, 11) is 0. The Morgan fingerprint density at radius 2 is 1.86 bits per heavy atom. The summed E-state index contributed by atoms with van der Waals surface area (Å²) in [6.07, 6.45) is 4.11. The average molecular weight is 286 g/mol. The molecule has 0 atom stereocenters. The van der Waals surface area contributed by atoms with Crippen LogP contribution >= 0.6 is 0 Å². The van der Waals surface area contributed by atoms with Gasteiger partial charge in [0.1, 0.15) is 0 Å². The molecule has 0 radical (unpaired) electrons. The third-order valence-corrected chi connectivity index (χ3v) is 3.63. The highest BCUT2D eigenvalue weighted by Gasteiger charge is 2.20. The van der Waals surface area contributed by atoms with E-state index in [0.29, 0.717) is 12.2 Å². The molecule has 3 rings (SSSR count). The van der Waals surface area contributed by atoms with Gasteiger partial charge >= 0.3 is 0 Å². The summed E-state index contributed by atoms with van der Waals surface area (Å²) in [4.78, 5) is 15.7. The molecular formula is C14H18N6O. The van der Waals surface area contributed by atoms with E-state index in [4.69, 9.17) is 0 Å². The van der Waals surface area contributed by atoms with Gasteiger partial charge in [-0.3, -0.25) is 4.79 Å². The minimum absolute atomic E-state index is 0.217. The van der Waals surface area contributed by atoms with Gasteiger partial charge in [-0.05, 0) is 18.2 Å². The molecule has 1 fully saturated rings. The van der Waals surface area contributed by atoms with Crippen LogP contribution in [0.1, 0.15) is 13.3 Å². The zero-order chi connectivity index (χ0) is 14.7. The number of carbonyl (C=O) groups is 1. The summed E-state index contributed by atoms with van der Waals surface area (Å²) in [5.41, 5.74) is 0. The molecule has 110 valence electrons. The van der Waals surface area contributed by atoms with Crippen LogP contribution in [0.25, 0.3) is 5.82 Å². The lowest BCUT2D eigenvalue weighted by Crippen LogP contribution is -2.48. The Labute approximate surface area is 123 Å². The highest BCUT2D eigenvalue weighted by atomic mass is 16.2. The van der Waals surface area contributed by atoms with Crippen LogP contribution in [0.5, 0.6) is 0 Å². The van der Waals surface area contributed by atoms with Crippen LogP contribution in [0.2, 0.25) is 0 Å². The molecule has 1 aliphatic heterocycles. The average Bonchev–Trinajstić information content (AvgIpc) is 3.09. The fraction of sp³-hybridized carbons (Fsp3) is 0.429. The number of carbonyl (C=O) groups excluding carboxylic acids is 1. The Kier molecular flexibility index (Phi) is 3.81. The first-order chi connectivity index (χ1) is 10.3. The highest BCUT2D eigenvalue weighted by molar-refractivity contribution is 5.76. The van der Waals surface area contributed by atoms with Crippen LogP contribution in [0.3, 0.4) is 0 Å². The third kappa shape index (κ3) is 2.86. The molecule has 0 aromatic carbocycles. The van der Waals surface area contributed by atoms with Crippen molar-refractivity contribution >= 4 is 11.7 Å². The van der Waals surface area contributed by atoms with E-state index < -0.39 is 0 Å². The minimum Gasteiger partial charge on any atom is -0.352 e. The second-order valence-corrected chi connectivity index (χ2v) is 4.92. The molecule has 1 amide bonds. The molecule has 7 nitrogen and oxygen atoms in total. The van der Waals surface area contributed by atoms with Crippen molar-refractivity contribution < 1.29 is 4.79 Å². The van der Waals surface area contributed by atoms with Gasteiger partial charge in [0.25, 0.3) is 0 Å². The monoisotopic (exact) mass is 286 g/mol. The van der Waals surface area contributed by atoms with Gasteiger partial charge < -0.3 is 9.80 Å². The Balaban J connectivity index is 1.65. The van der Waals surface area contributed by atoms with Gasteiger partial charge in [0, 0.05) is 45.0 Å². The molecule has 0 bridgehead atoms. The van der Waals surface area contributed by atoms with Crippen molar-refractivity contribution in [1.29, 1.82) is 0 Å². The number of nitrogens with zero attached hydrogens (tertiary/aromatic N) is 6. The number of aromatic nitrogens is 4. The second-order valence-electron chi connectivity index (χ2n) is 4.92. The van der Waals surface area contributed by atoms with E-state index in [2.05, 4.69) is 20.2 Å². The van der Waals surface area contributed by atoms with Crippen molar-refractivity contribution in [1.82, 2.24) is 24.9 Å². The standard InChI is InChI=1S/C14H18N6O/c1-2-14(21)19-10-8-18(9-11-19)12-4-5-13(17-16-12)20-7-3-6-15-20/h3-7H,2,8-11H2,1H3. The summed E-state index contributed by atoms with van der Waals surface area (Å²) in [5.74, 6) is 1.76. The van der Waals surface area contributed by atoms with Gasteiger partial charge in [-0.25, -0.2) is 4.68 Å². The Morgan fingerprint density at radius 1 is 1.14 bits per heavy atom. The first-order valence-corrected chi connectivity index (χ1v) is 7.14. The lowest BCUT2D eigenvalue weighted by atomic mass is 10.3. The van der Waals surface area contributed by atoms with Gasteiger partial charge in [0.15, 0.2) is 11.6 Å². The van der Waals surface area contributed by atoms with Crippen LogP contribution in [-0.4, -0.2) is 57.0 Å². The van der Waals surface area contributed by atoms with E-state index in [1.165, 1.54) is 0 Å². The van der Waals surface area contributed by atoms with E-state index in [1.807, 2.05) is 36.2 Å². The van der Waals surface area contributed by atoms with E-state index in [0.717, 1.165) is 32.0 Å². The third-order valence-electron chi connectivity index (χ3n) is 3.63. The van der Waals surface area contributed by atoms with Crippen molar-refractivity contribution in [3.63, 3.8) is 0 Å². The topological polar surface area (TPSA) is 67.2 Å². The van der Waals surface area contributed by atoms with Gasteiger partial charge in [-0.1, -0.05) is 6.92 Å². The number of anilines is 1. The summed E-state index contributed by atoms with van der Waals surface area (Å²) in [5, 5.41) is 12.6. The van der Waals surface area contributed by atoms with Crippen LogP contribution in [0, 0.1) is 0 Å². The Hall–Kier alpha value is -2.44. The van der Waals surface area contributed by atoms with Crippen LogP contribution in [0.15, 0.2) is 30.6 Å². The zero-order valence-electron chi connectivity index (χ0n) is 12.0. The summed E-state index contributed by atoms with van der Waals surface area (Å²) in [6, 6.07) is 5.69. The highest BCUT2D eigenvalue weighted by Crippen LogP contribution is 2.14.